The summed E-state index contributed by atoms with van der Waals surface area (Å²) < 4.78 is 10.6. The van der Waals surface area contributed by atoms with E-state index in [0.29, 0.717) is 22.7 Å². The van der Waals surface area contributed by atoms with Gasteiger partial charge in [0.25, 0.3) is 0 Å². The SMILES string of the molecule is CC=CCC(=O)Nc1cc(N(C)c2cc(=O)oc3ccccc23)ccc1OC. The van der Waals surface area contributed by atoms with Crippen molar-refractivity contribution in [2.45, 2.75) is 13.3 Å². The maximum atomic E-state index is 12.1. The third kappa shape index (κ3) is 4.06. The number of amides is 1. The van der Waals surface area contributed by atoms with Gasteiger partial charge in [-0.15, -0.1) is 0 Å². The van der Waals surface area contributed by atoms with Crippen molar-refractivity contribution in [2.24, 2.45) is 0 Å². The van der Waals surface area contributed by atoms with Crippen molar-refractivity contribution < 1.29 is 13.9 Å². The predicted octanol–water partition coefficient (Wildman–Crippen LogP) is 4.47. The van der Waals surface area contributed by atoms with Gasteiger partial charge in [0.05, 0.1) is 18.5 Å². The third-order valence-electron chi connectivity index (χ3n) is 4.37. The fraction of sp³-hybridized carbons (Fsp3) is 0.182. The Hall–Kier alpha value is -3.54. The minimum Gasteiger partial charge on any atom is -0.495 e. The van der Waals surface area contributed by atoms with E-state index in [2.05, 4.69) is 5.32 Å². The lowest BCUT2D eigenvalue weighted by Gasteiger charge is -2.22. The summed E-state index contributed by atoms with van der Waals surface area (Å²) in [6, 6.07) is 14.3. The van der Waals surface area contributed by atoms with E-state index in [9.17, 15) is 9.59 Å². The molecule has 0 atom stereocenters. The second-order valence-corrected chi connectivity index (χ2v) is 6.21. The Morgan fingerprint density at radius 2 is 2.00 bits per heavy atom. The molecule has 1 aromatic heterocycles. The molecule has 0 saturated heterocycles. The number of rotatable bonds is 6. The molecule has 1 amide bonds. The van der Waals surface area contributed by atoms with Gasteiger partial charge in [-0.3, -0.25) is 4.79 Å². The Bertz CT molecular complexity index is 1090. The quantitative estimate of drug-likeness (QED) is 0.506. The lowest BCUT2D eigenvalue weighted by molar-refractivity contribution is -0.115. The van der Waals surface area contributed by atoms with Gasteiger partial charge in [0.15, 0.2) is 0 Å². The van der Waals surface area contributed by atoms with Crippen LogP contribution in [0.3, 0.4) is 0 Å². The zero-order valence-electron chi connectivity index (χ0n) is 16.1. The molecular weight excluding hydrogens is 356 g/mol. The number of carbonyl (C=O) groups excluding carboxylic acids is 1. The molecule has 0 spiro atoms. The first-order valence-corrected chi connectivity index (χ1v) is 8.89. The van der Waals surface area contributed by atoms with Crippen LogP contribution in [-0.4, -0.2) is 20.1 Å². The summed E-state index contributed by atoms with van der Waals surface area (Å²) in [6.07, 6.45) is 3.89. The molecular formula is C22H22N2O4. The molecule has 1 N–H and O–H groups in total. The molecule has 0 saturated carbocycles. The fourth-order valence-corrected chi connectivity index (χ4v) is 2.94. The summed E-state index contributed by atoms with van der Waals surface area (Å²) in [5.41, 5.74) is 2.16. The number of nitrogens with zero attached hydrogens (tertiary/aromatic N) is 1. The van der Waals surface area contributed by atoms with Crippen LogP contribution in [0, 0.1) is 0 Å². The van der Waals surface area contributed by atoms with Gasteiger partial charge in [-0.25, -0.2) is 4.79 Å². The number of nitrogens with one attached hydrogen (secondary N) is 1. The first-order valence-electron chi connectivity index (χ1n) is 8.89. The fourth-order valence-electron chi connectivity index (χ4n) is 2.94. The molecule has 0 aliphatic rings. The molecule has 28 heavy (non-hydrogen) atoms. The molecule has 3 aromatic rings. The third-order valence-corrected chi connectivity index (χ3v) is 4.37. The number of anilines is 3. The van der Waals surface area contributed by atoms with Crippen molar-refractivity contribution in [3.63, 3.8) is 0 Å². The Kier molecular flexibility index (Phi) is 5.79. The van der Waals surface area contributed by atoms with E-state index in [0.717, 1.165) is 11.1 Å². The summed E-state index contributed by atoms with van der Waals surface area (Å²) in [5, 5.41) is 3.69. The van der Waals surface area contributed by atoms with Gasteiger partial charge in [-0.05, 0) is 37.3 Å². The van der Waals surface area contributed by atoms with E-state index in [4.69, 9.17) is 9.15 Å². The van der Waals surface area contributed by atoms with Gasteiger partial charge in [-0.1, -0.05) is 24.3 Å². The Balaban J connectivity index is 2.01. The van der Waals surface area contributed by atoms with Gasteiger partial charge in [0.2, 0.25) is 5.91 Å². The molecule has 144 valence electrons. The van der Waals surface area contributed by atoms with Crippen LogP contribution in [0.5, 0.6) is 5.75 Å². The summed E-state index contributed by atoms with van der Waals surface area (Å²) in [5.74, 6) is 0.422. The van der Waals surface area contributed by atoms with Crippen LogP contribution in [0.25, 0.3) is 11.0 Å². The molecule has 2 aromatic carbocycles. The standard InChI is InChI=1S/C22H22N2O4/c1-4-5-10-21(25)23-17-13-15(11-12-20(17)27-3)24(2)18-14-22(26)28-19-9-7-6-8-16(18)19/h4-9,11-14H,10H2,1-3H3,(H,23,25). The van der Waals surface area contributed by atoms with E-state index in [1.807, 2.05) is 55.3 Å². The van der Waals surface area contributed by atoms with E-state index in [1.165, 1.54) is 6.07 Å². The average molecular weight is 378 g/mol. The molecule has 6 heteroatoms. The summed E-state index contributed by atoms with van der Waals surface area (Å²) in [4.78, 5) is 26.0. The molecule has 0 unspecified atom stereocenters. The minimum absolute atomic E-state index is 0.137. The van der Waals surface area contributed by atoms with E-state index < -0.39 is 5.63 Å². The number of para-hydroxylation sites is 1. The molecule has 0 bridgehead atoms. The summed E-state index contributed by atoms with van der Waals surface area (Å²) in [7, 11) is 3.41. The predicted molar refractivity (Wildman–Crippen MR) is 112 cm³/mol. The first kappa shape index (κ1) is 19.2. The van der Waals surface area contributed by atoms with Gasteiger partial charge >= 0.3 is 5.63 Å². The van der Waals surface area contributed by atoms with Crippen molar-refractivity contribution in [3.05, 3.63) is 71.1 Å². The molecule has 6 nitrogen and oxygen atoms in total. The Morgan fingerprint density at radius 1 is 1.21 bits per heavy atom. The van der Waals surface area contributed by atoms with Gasteiger partial charge < -0.3 is 19.4 Å². The Labute approximate surface area is 163 Å². The van der Waals surface area contributed by atoms with Crippen LogP contribution in [-0.2, 0) is 4.79 Å². The topological polar surface area (TPSA) is 71.8 Å². The highest BCUT2D eigenvalue weighted by atomic mass is 16.5. The van der Waals surface area contributed by atoms with Gasteiger partial charge in [0, 0.05) is 30.6 Å². The highest BCUT2D eigenvalue weighted by molar-refractivity contribution is 5.95. The normalized spacial score (nSPS) is 11.0. The van der Waals surface area contributed by atoms with Crippen LogP contribution in [0.1, 0.15) is 13.3 Å². The second-order valence-electron chi connectivity index (χ2n) is 6.21. The molecule has 0 aliphatic carbocycles. The van der Waals surface area contributed by atoms with Gasteiger partial charge in [0.1, 0.15) is 11.3 Å². The number of carbonyl (C=O) groups is 1. The van der Waals surface area contributed by atoms with Crippen LogP contribution in [0.4, 0.5) is 17.1 Å². The van der Waals surface area contributed by atoms with Crippen molar-refractivity contribution in [2.75, 3.05) is 24.4 Å². The first-order chi connectivity index (χ1) is 13.5. The van der Waals surface area contributed by atoms with Crippen molar-refractivity contribution in [3.8, 4) is 5.75 Å². The monoisotopic (exact) mass is 378 g/mol. The van der Waals surface area contributed by atoms with E-state index in [1.54, 1.807) is 25.3 Å². The van der Waals surface area contributed by atoms with Crippen LogP contribution in [0.15, 0.2) is 69.9 Å². The van der Waals surface area contributed by atoms with Crippen molar-refractivity contribution in [1.29, 1.82) is 0 Å². The zero-order chi connectivity index (χ0) is 20.1. The minimum atomic E-state index is -0.422. The number of methoxy groups -OCH3 is 1. The van der Waals surface area contributed by atoms with Gasteiger partial charge in [-0.2, -0.15) is 0 Å². The Morgan fingerprint density at radius 3 is 2.75 bits per heavy atom. The average Bonchev–Trinajstić information content (AvgIpc) is 2.71. The zero-order valence-corrected chi connectivity index (χ0v) is 16.1. The molecule has 0 radical (unpaired) electrons. The van der Waals surface area contributed by atoms with Crippen molar-refractivity contribution >= 4 is 33.9 Å². The lowest BCUT2D eigenvalue weighted by Crippen LogP contribution is -2.15. The smallest absolute Gasteiger partial charge is 0.338 e. The van der Waals surface area contributed by atoms with E-state index >= 15 is 0 Å². The van der Waals surface area contributed by atoms with Crippen LogP contribution < -0.4 is 20.6 Å². The number of fused-ring (bicyclic) bond motifs is 1. The summed E-state index contributed by atoms with van der Waals surface area (Å²) in [6.45, 7) is 1.87. The largest absolute Gasteiger partial charge is 0.495 e. The van der Waals surface area contributed by atoms with Crippen LogP contribution >= 0.6 is 0 Å². The maximum Gasteiger partial charge on any atom is 0.338 e. The number of hydrogen-bond acceptors (Lipinski definition) is 5. The molecule has 0 fully saturated rings. The van der Waals surface area contributed by atoms with E-state index in [-0.39, 0.29) is 12.3 Å². The van der Waals surface area contributed by atoms with Crippen molar-refractivity contribution in [1.82, 2.24) is 0 Å². The molecule has 3 rings (SSSR count). The number of hydrogen-bond donors (Lipinski definition) is 1. The highest BCUT2D eigenvalue weighted by Crippen LogP contribution is 2.34. The molecule has 1 heterocycles. The summed E-state index contributed by atoms with van der Waals surface area (Å²) >= 11 is 0. The number of allylic oxidation sites excluding steroid dienone is 1. The lowest BCUT2D eigenvalue weighted by atomic mass is 10.1. The van der Waals surface area contributed by atoms with Crippen LogP contribution in [0.2, 0.25) is 0 Å². The number of benzene rings is 2. The second kappa shape index (κ2) is 8.43. The maximum absolute atomic E-state index is 12.1. The number of ether oxygens (including phenoxy) is 1. The molecule has 0 aliphatic heterocycles. The highest BCUT2D eigenvalue weighted by Gasteiger charge is 2.14.